The highest BCUT2D eigenvalue weighted by molar-refractivity contribution is 5.84. The molecule has 0 radical (unpaired) electrons. The SMILES string of the molecule is CN(CCF)C1CCN(c2nc3ccccc3nc2-c2cccc(C#N)c2)C1. The van der Waals surface area contributed by atoms with Gasteiger partial charge in [0.05, 0.1) is 22.7 Å². The smallest absolute Gasteiger partial charge is 0.156 e. The minimum atomic E-state index is -0.338. The number of aromatic nitrogens is 2. The number of nitrogens with zero attached hydrogens (tertiary/aromatic N) is 5. The summed E-state index contributed by atoms with van der Waals surface area (Å²) in [7, 11) is 1.97. The Morgan fingerprint density at radius 1 is 1.18 bits per heavy atom. The van der Waals surface area contributed by atoms with Crippen LogP contribution in [0.2, 0.25) is 0 Å². The zero-order valence-electron chi connectivity index (χ0n) is 15.8. The number of para-hydroxylation sites is 2. The van der Waals surface area contributed by atoms with Gasteiger partial charge in [0, 0.05) is 31.2 Å². The Morgan fingerprint density at radius 2 is 1.96 bits per heavy atom. The molecule has 142 valence electrons. The summed E-state index contributed by atoms with van der Waals surface area (Å²) in [5.74, 6) is 0.824. The Labute approximate surface area is 164 Å². The van der Waals surface area contributed by atoms with E-state index in [1.165, 1.54) is 0 Å². The van der Waals surface area contributed by atoms with Crippen molar-refractivity contribution in [3.63, 3.8) is 0 Å². The van der Waals surface area contributed by atoms with E-state index in [4.69, 9.17) is 9.97 Å². The van der Waals surface area contributed by atoms with Crippen LogP contribution >= 0.6 is 0 Å². The van der Waals surface area contributed by atoms with Crippen LogP contribution in [-0.4, -0.2) is 54.3 Å². The molecule has 0 bridgehead atoms. The van der Waals surface area contributed by atoms with E-state index in [-0.39, 0.29) is 6.67 Å². The molecule has 4 rings (SSSR count). The fourth-order valence-electron chi connectivity index (χ4n) is 3.75. The van der Waals surface area contributed by atoms with Gasteiger partial charge < -0.3 is 4.90 Å². The topological polar surface area (TPSA) is 56.1 Å². The first-order valence-electron chi connectivity index (χ1n) is 9.48. The van der Waals surface area contributed by atoms with E-state index in [1.807, 2.05) is 49.5 Å². The fourth-order valence-corrected chi connectivity index (χ4v) is 3.75. The molecule has 0 amide bonds. The van der Waals surface area contributed by atoms with Gasteiger partial charge in [-0.05, 0) is 37.7 Å². The Kier molecular flexibility index (Phi) is 5.18. The fraction of sp³-hybridized carbons (Fsp3) is 0.318. The maximum atomic E-state index is 12.7. The molecule has 1 saturated heterocycles. The second kappa shape index (κ2) is 7.91. The van der Waals surface area contributed by atoms with Gasteiger partial charge in [0.15, 0.2) is 5.82 Å². The zero-order valence-corrected chi connectivity index (χ0v) is 15.8. The van der Waals surface area contributed by atoms with Crippen LogP contribution in [0.15, 0.2) is 48.5 Å². The van der Waals surface area contributed by atoms with Gasteiger partial charge in [-0.2, -0.15) is 5.26 Å². The molecule has 2 aromatic carbocycles. The Hall–Kier alpha value is -3.04. The van der Waals surface area contributed by atoms with Gasteiger partial charge in [0.2, 0.25) is 0 Å². The van der Waals surface area contributed by atoms with Crippen molar-refractivity contribution in [3.05, 3.63) is 54.1 Å². The van der Waals surface area contributed by atoms with Gasteiger partial charge in [-0.25, -0.2) is 14.4 Å². The molecule has 2 heterocycles. The van der Waals surface area contributed by atoms with Crippen LogP contribution in [-0.2, 0) is 0 Å². The molecule has 1 aliphatic heterocycles. The maximum absolute atomic E-state index is 12.7. The highest BCUT2D eigenvalue weighted by Gasteiger charge is 2.29. The number of benzene rings is 2. The lowest BCUT2D eigenvalue weighted by molar-refractivity contribution is 0.235. The van der Waals surface area contributed by atoms with Crippen LogP contribution in [0.4, 0.5) is 10.2 Å². The molecule has 3 aromatic rings. The first-order valence-corrected chi connectivity index (χ1v) is 9.48. The third-order valence-corrected chi connectivity index (χ3v) is 5.34. The van der Waals surface area contributed by atoms with E-state index >= 15 is 0 Å². The standard InChI is InChI=1S/C22H22FN5/c1-27(12-10-23)18-9-11-28(15-18)22-21(17-6-4-5-16(13-17)14-24)25-19-7-2-3-8-20(19)26-22/h2-8,13,18H,9-12,15H2,1H3. The second-order valence-corrected chi connectivity index (χ2v) is 7.14. The van der Waals surface area contributed by atoms with E-state index in [2.05, 4.69) is 15.9 Å². The molecule has 1 aromatic heterocycles. The lowest BCUT2D eigenvalue weighted by Crippen LogP contribution is -2.36. The largest absolute Gasteiger partial charge is 0.353 e. The van der Waals surface area contributed by atoms with Crippen molar-refractivity contribution in [2.75, 3.05) is 38.3 Å². The molecule has 1 fully saturated rings. The number of rotatable bonds is 5. The molecular formula is C22H22FN5. The van der Waals surface area contributed by atoms with E-state index in [1.54, 1.807) is 6.07 Å². The lowest BCUT2D eigenvalue weighted by Gasteiger charge is -2.25. The predicted octanol–water partition coefficient (Wildman–Crippen LogP) is 3.65. The van der Waals surface area contributed by atoms with Crippen molar-refractivity contribution in [1.82, 2.24) is 14.9 Å². The average molecular weight is 375 g/mol. The van der Waals surface area contributed by atoms with Crippen LogP contribution in [0.1, 0.15) is 12.0 Å². The monoisotopic (exact) mass is 375 g/mol. The molecule has 1 unspecified atom stereocenters. The van der Waals surface area contributed by atoms with Gasteiger partial charge in [-0.1, -0.05) is 24.3 Å². The van der Waals surface area contributed by atoms with Gasteiger partial charge in [-0.3, -0.25) is 4.90 Å². The summed E-state index contributed by atoms with van der Waals surface area (Å²) in [6.07, 6.45) is 0.961. The highest BCUT2D eigenvalue weighted by Crippen LogP contribution is 2.32. The van der Waals surface area contributed by atoms with Crippen LogP contribution in [0.25, 0.3) is 22.3 Å². The number of halogens is 1. The zero-order chi connectivity index (χ0) is 19.5. The van der Waals surface area contributed by atoms with Crippen LogP contribution in [0, 0.1) is 11.3 Å². The molecule has 5 nitrogen and oxygen atoms in total. The van der Waals surface area contributed by atoms with Crippen molar-refractivity contribution in [3.8, 4) is 17.3 Å². The lowest BCUT2D eigenvalue weighted by atomic mass is 10.1. The normalized spacial score (nSPS) is 16.6. The molecule has 1 atom stereocenters. The van der Waals surface area contributed by atoms with Crippen molar-refractivity contribution in [2.24, 2.45) is 0 Å². The van der Waals surface area contributed by atoms with E-state index in [9.17, 15) is 9.65 Å². The van der Waals surface area contributed by atoms with Crippen LogP contribution in [0.3, 0.4) is 0 Å². The molecule has 0 saturated carbocycles. The van der Waals surface area contributed by atoms with Gasteiger partial charge in [0.25, 0.3) is 0 Å². The summed E-state index contributed by atoms with van der Waals surface area (Å²) in [5.41, 5.74) is 3.94. The van der Waals surface area contributed by atoms with E-state index in [0.29, 0.717) is 18.2 Å². The quantitative estimate of drug-likeness (QED) is 0.681. The summed E-state index contributed by atoms with van der Waals surface area (Å²) >= 11 is 0. The van der Waals surface area contributed by atoms with Gasteiger partial charge in [-0.15, -0.1) is 0 Å². The maximum Gasteiger partial charge on any atom is 0.156 e. The number of hydrogen-bond donors (Lipinski definition) is 0. The van der Waals surface area contributed by atoms with Gasteiger partial charge in [0.1, 0.15) is 12.4 Å². The van der Waals surface area contributed by atoms with Crippen molar-refractivity contribution in [1.29, 1.82) is 5.26 Å². The molecule has 0 spiro atoms. The van der Waals surface area contributed by atoms with Crippen LogP contribution in [0.5, 0.6) is 0 Å². The summed E-state index contributed by atoms with van der Waals surface area (Å²) in [6.45, 7) is 1.74. The van der Waals surface area contributed by atoms with Crippen molar-refractivity contribution < 1.29 is 4.39 Å². The first-order chi connectivity index (χ1) is 13.7. The number of nitriles is 1. The molecule has 1 aliphatic rings. The first kappa shape index (κ1) is 18.3. The van der Waals surface area contributed by atoms with E-state index in [0.717, 1.165) is 47.6 Å². The Bertz CT molecular complexity index is 1030. The summed E-state index contributed by atoms with van der Waals surface area (Å²) in [6, 6.07) is 17.8. The Morgan fingerprint density at radius 3 is 2.71 bits per heavy atom. The number of fused-ring (bicyclic) bond motifs is 1. The number of hydrogen-bond acceptors (Lipinski definition) is 5. The van der Waals surface area contributed by atoms with E-state index < -0.39 is 0 Å². The minimum absolute atomic E-state index is 0.294. The molecular weight excluding hydrogens is 353 g/mol. The third kappa shape index (κ3) is 3.54. The number of alkyl halides is 1. The summed E-state index contributed by atoms with van der Waals surface area (Å²) in [5, 5.41) is 9.28. The summed E-state index contributed by atoms with van der Waals surface area (Å²) in [4.78, 5) is 14.1. The van der Waals surface area contributed by atoms with Crippen molar-refractivity contribution in [2.45, 2.75) is 12.5 Å². The summed E-state index contributed by atoms with van der Waals surface area (Å²) < 4.78 is 12.7. The molecule has 28 heavy (non-hydrogen) atoms. The predicted molar refractivity (Wildman–Crippen MR) is 109 cm³/mol. The van der Waals surface area contributed by atoms with Crippen molar-refractivity contribution >= 4 is 16.9 Å². The highest BCUT2D eigenvalue weighted by atomic mass is 19.1. The number of anilines is 1. The minimum Gasteiger partial charge on any atom is -0.353 e. The average Bonchev–Trinajstić information content (AvgIpc) is 3.23. The molecule has 6 heteroatoms. The molecule has 0 N–H and O–H groups in total. The number of likely N-dealkylation sites (N-methyl/N-ethyl adjacent to an activating group) is 1. The van der Waals surface area contributed by atoms with Gasteiger partial charge >= 0.3 is 0 Å². The third-order valence-electron chi connectivity index (χ3n) is 5.34. The van der Waals surface area contributed by atoms with Crippen LogP contribution < -0.4 is 4.90 Å². The Balaban J connectivity index is 1.77. The molecule has 0 aliphatic carbocycles. The second-order valence-electron chi connectivity index (χ2n) is 7.14.